The minimum atomic E-state index is -0.979. The first-order valence-corrected chi connectivity index (χ1v) is 9.10. The number of hydrogen-bond donors (Lipinski definition) is 1. The number of nitrogens with one attached hydrogen (secondary N) is 1. The summed E-state index contributed by atoms with van der Waals surface area (Å²) in [5.74, 6) is 0.761. The number of ether oxygens (including phenoxy) is 1. The molecule has 25 heavy (non-hydrogen) atoms. The van der Waals surface area contributed by atoms with Crippen molar-refractivity contribution in [3.63, 3.8) is 0 Å². The van der Waals surface area contributed by atoms with Crippen molar-refractivity contribution < 1.29 is 9.13 Å². The number of anilines is 1. The molecule has 3 unspecified atom stereocenters. The van der Waals surface area contributed by atoms with Crippen LogP contribution in [0.2, 0.25) is 0 Å². The van der Waals surface area contributed by atoms with Crippen molar-refractivity contribution in [2.24, 2.45) is 0 Å². The Kier molecular flexibility index (Phi) is 3.08. The number of halogens is 2. The Morgan fingerprint density at radius 1 is 1.36 bits per heavy atom. The molecule has 0 aliphatic carbocycles. The molecule has 0 saturated carbocycles. The van der Waals surface area contributed by atoms with E-state index in [2.05, 4.69) is 15.2 Å². The number of hydrogen-bond acceptors (Lipinski definition) is 5. The number of nitrogens with zero attached hydrogens (tertiary/aromatic N) is 3. The molecule has 5 heterocycles. The van der Waals surface area contributed by atoms with Crippen molar-refractivity contribution in [2.45, 2.75) is 56.8 Å². The molecular weight excluding hydrogens is 343 g/mol. The highest BCUT2D eigenvalue weighted by molar-refractivity contribution is 6.24. The van der Waals surface area contributed by atoms with Gasteiger partial charge in [-0.15, -0.1) is 0 Å². The molecule has 1 N–H and O–H groups in total. The van der Waals surface area contributed by atoms with Crippen LogP contribution in [-0.4, -0.2) is 39.7 Å². The molecule has 5 rings (SSSR count). The summed E-state index contributed by atoms with van der Waals surface area (Å²) in [5, 5.41) is 3.83. The van der Waals surface area contributed by atoms with E-state index in [9.17, 15) is 4.39 Å². The Hall–Kier alpha value is -1.66. The highest BCUT2D eigenvalue weighted by atomic mass is 35.5. The summed E-state index contributed by atoms with van der Waals surface area (Å²) in [5.41, 5.74) is 1.64. The minimum Gasteiger partial charge on any atom is -0.452 e. The van der Waals surface area contributed by atoms with Crippen LogP contribution >= 0.6 is 11.6 Å². The van der Waals surface area contributed by atoms with Gasteiger partial charge in [0.2, 0.25) is 10.9 Å². The third kappa shape index (κ3) is 2.04. The normalized spacial score (nSPS) is 33.2. The summed E-state index contributed by atoms with van der Waals surface area (Å²) >= 11 is 6.87. The summed E-state index contributed by atoms with van der Waals surface area (Å²) in [6.07, 6.45) is 3.37. The van der Waals surface area contributed by atoms with Crippen LogP contribution in [0.25, 0.3) is 10.8 Å². The molecular formula is C18H20ClFN4O. The maximum atomic E-state index is 14.7. The van der Waals surface area contributed by atoms with Crippen LogP contribution in [0.1, 0.15) is 31.0 Å². The molecule has 2 bridgehead atoms. The van der Waals surface area contributed by atoms with Gasteiger partial charge in [0.1, 0.15) is 11.6 Å². The van der Waals surface area contributed by atoms with E-state index >= 15 is 0 Å². The van der Waals surface area contributed by atoms with Crippen LogP contribution in [0.15, 0.2) is 6.20 Å². The van der Waals surface area contributed by atoms with Gasteiger partial charge in [0, 0.05) is 29.7 Å². The number of aryl methyl sites for hydroxylation is 2. The molecule has 0 spiro atoms. The van der Waals surface area contributed by atoms with Crippen molar-refractivity contribution in [2.75, 3.05) is 11.4 Å². The van der Waals surface area contributed by atoms with Crippen LogP contribution in [-0.2, 0) is 0 Å². The zero-order valence-electron chi connectivity index (χ0n) is 14.4. The molecule has 5 nitrogen and oxygen atoms in total. The van der Waals surface area contributed by atoms with Gasteiger partial charge in [0.25, 0.3) is 0 Å². The summed E-state index contributed by atoms with van der Waals surface area (Å²) in [4.78, 5) is 11.3. The van der Waals surface area contributed by atoms with Gasteiger partial charge in [-0.3, -0.25) is 0 Å². The molecule has 4 atom stereocenters. The van der Waals surface area contributed by atoms with Crippen LogP contribution in [0.4, 0.5) is 10.2 Å². The van der Waals surface area contributed by atoms with Crippen LogP contribution in [0.3, 0.4) is 0 Å². The molecule has 132 valence electrons. The molecule has 7 heteroatoms. The van der Waals surface area contributed by atoms with Gasteiger partial charge in [-0.2, -0.15) is 0 Å². The van der Waals surface area contributed by atoms with E-state index in [1.807, 2.05) is 20.8 Å². The quantitative estimate of drug-likeness (QED) is 0.730. The number of piperazine rings is 1. The molecule has 3 aliphatic heterocycles. The standard InChI is InChI=1S/C18H20ClFN4O/c1-8-9(2)22-16-14-13(8)11(20)6-21-17(14)25-18(3,19)15-12-5-4-10(23-12)7-24(15)16/h6,10,12,15,23H,4-5,7H2,1-3H3/t10?,12?,15-,18?/m0/s1. The monoisotopic (exact) mass is 362 g/mol. The van der Waals surface area contributed by atoms with E-state index in [1.54, 1.807) is 0 Å². The predicted octanol–water partition coefficient (Wildman–Crippen LogP) is 3.04. The molecule has 0 radical (unpaired) electrons. The van der Waals surface area contributed by atoms with E-state index in [-0.39, 0.29) is 17.9 Å². The maximum Gasteiger partial charge on any atom is 0.227 e. The average molecular weight is 363 g/mol. The van der Waals surface area contributed by atoms with Crippen molar-refractivity contribution >= 4 is 28.2 Å². The summed E-state index contributed by atoms with van der Waals surface area (Å²) in [6, 6.07) is 0.525. The van der Waals surface area contributed by atoms with Crippen molar-refractivity contribution in [1.82, 2.24) is 15.3 Å². The number of rotatable bonds is 0. The second kappa shape index (κ2) is 4.95. The van der Waals surface area contributed by atoms with E-state index in [0.29, 0.717) is 22.7 Å². The van der Waals surface area contributed by atoms with Crippen molar-refractivity contribution in [3.05, 3.63) is 23.3 Å². The van der Waals surface area contributed by atoms with Crippen molar-refractivity contribution in [3.8, 4) is 5.88 Å². The summed E-state index contributed by atoms with van der Waals surface area (Å²) < 4.78 is 20.8. The third-order valence-corrected chi connectivity index (χ3v) is 6.22. The van der Waals surface area contributed by atoms with E-state index in [4.69, 9.17) is 21.3 Å². The fourth-order valence-corrected chi connectivity index (χ4v) is 5.07. The Morgan fingerprint density at radius 2 is 2.16 bits per heavy atom. The third-order valence-electron chi connectivity index (χ3n) is 5.92. The predicted molar refractivity (Wildman–Crippen MR) is 94.9 cm³/mol. The lowest BCUT2D eigenvalue weighted by atomic mass is 9.98. The van der Waals surface area contributed by atoms with E-state index in [1.165, 1.54) is 6.20 Å². The molecule has 2 fully saturated rings. The molecule has 2 aromatic rings. The van der Waals surface area contributed by atoms with Crippen LogP contribution in [0.5, 0.6) is 5.88 Å². The van der Waals surface area contributed by atoms with E-state index in [0.717, 1.165) is 36.5 Å². The fourth-order valence-electron chi connectivity index (χ4n) is 4.73. The Labute approximate surface area is 150 Å². The first-order valence-electron chi connectivity index (χ1n) is 8.73. The summed E-state index contributed by atoms with van der Waals surface area (Å²) in [6.45, 7) is 6.46. The molecule has 0 amide bonds. The Balaban J connectivity index is 1.86. The number of fused-ring (bicyclic) bond motifs is 5. The van der Waals surface area contributed by atoms with Crippen molar-refractivity contribution in [1.29, 1.82) is 0 Å². The zero-order chi connectivity index (χ0) is 17.5. The Bertz CT molecular complexity index is 903. The van der Waals surface area contributed by atoms with Gasteiger partial charge in [-0.05, 0) is 39.2 Å². The lowest BCUT2D eigenvalue weighted by Crippen LogP contribution is -2.65. The van der Waals surface area contributed by atoms with Gasteiger partial charge in [0.05, 0.1) is 17.6 Å². The maximum absolute atomic E-state index is 14.7. The summed E-state index contributed by atoms with van der Waals surface area (Å²) in [7, 11) is 0. The minimum absolute atomic E-state index is 0.0945. The lowest BCUT2D eigenvalue weighted by Gasteiger charge is -2.46. The molecule has 0 aromatic carbocycles. The SMILES string of the molecule is Cc1nc2c3c(ncc(F)c3c1C)OC(C)(Cl)[C@@H]1C3CCC(CN21)N3. The first-order chi connectivity index (χ1) is 11.9. The number of pyridine rings is 2. The van der Waals surface area contributed by atoms with Gasteiger partial charge >= 0.3 is 0 Å². The highest BCUT2D eigenvalue weighted by Crippen LogP contribution is 2.47. The fraction of sp³-hybridized carbons (Fsp3) is 0.556. The largest absolute Gasteiger partial charge is 0.452 e. The van der Waals surface area contributed by atoms with Gasteiger partial charge in [-0.1, -0.05) is 11.6 Å². The van der Waals surface area contributed by atoms with Gasteiger partial charge in [0.15, 0.2) is 0 Å². The molecule has 2 saturated heterocycles. The number of aromatic nitrogens is 2. The topological polar surface area (TPSA) is 50.3 Å². The Morgan fingerprint density at radius 3 is 2.96 bits per heavy atom. The van der Waals surface area contributed by atoms with Gasteiger partial charge < -0.3 is 15.0 Å². The van der Waals surface area contributed by atoms with Crippen LogP contribution in [0, 0.1) is 19.7 Å². The smallest absolute Gasteiger partial charge is 0.227 e. The molecule has 3 aliphatic rings. The highest BCUT2D eigenvalue weighted by Gasteiger charge is 2.53. The second-order valence-corrected chi connectivity index (χ2v) is 8.29. The zero-order valence-corrected chi connectivity index (χ0v) is 15.2. The lowest BCUT2D eigenvalue weighted by molar-refractivity contribution is 0.116. The van der Waals surface area contributed by atoms with Crippen LogP contribution < -0.4 is 15.0 Å². The number of alkyl halides is 1. The van der Waals surface area contributed by atoms with Gasteiger partial charge in [-0.25, -0.2) is 14.4 Å². The second-order valence-electron chi connectivity index (χ2n) is 7.54. The van der Waals surface area contributed by atoms with E-state index < -0.39 is 5.06 Å². The molecule has 2 aromatic heterocycles. The first kappa shape index (κ1) is 15.6. The average Bonchev–Trinajstić information content (AvgIpc) is 2.88.